The van der Waals surface area contributed by atoms with Crippen molar-refractivity contribution < 1.29 is 24.4 Å². The molecule has 9 heteroatoms. The highest BCUT2D eigenvalue weighted by atomic mass is 32.2. The fourth-order valence-corrected chi connectivity index (χ4v) is 3.33. The Morgan fingerprint density at radius 1 is 1.22 bits per heavy atom. The molecule has 2 amide bonds. The predicted molar refractivity (Wildman–Crippen MR) is 99.3 cm³/mol. The van der Waals surface area contributed by atoms with Crippen molar-refractivity contribution in [1.29, 1.82) is 0 Å². The van der Waals surface area contributed by atoms with Gasteiger partial charge >= 0.3 is 0 Å². The number of carbonyl (C=O) groups is 2. The summed E-state index contributed by atoms with van der Waals surface area (Å²) in [4.78, 5) is 36.2. The van der Waals surface area contributed by atoms with Gasteiger partial charge in [-0.3, -0.25) is 24.6 Å². The van der Waals surface area contributed by atoms with E-state index in [4.69, 9.17) is 4.74 Å². The summed E-state index contributed by atoms with van der Waals surface area (Å²) in [5, 5.41) is 20.4. The highest BCUT2D eigenvalue weighted by molar-refractivity contribution is 8.18. The molecule has 0 aromatic heterocycles. The second-order valence-corrected chi connectivity index (χ2v) is 6.58. The third-order valence-corrected chi connectivity index (χ3v) is 4.81. The number of nitro groups is 1. The van der Waals surface area contributed by atoms with Gasteiger partial charge in [-0.2, -0.15) is 0 Å². The normalized spacial score (nSPS) is 15.4. The van der Waals surface area contributed by atoms with E-state index in [0.717, 1.165) is 16.7 Å². The minimum Gasteiger partial charge on any atom is -0.504 e. The van der Waals surface area contributed by atoms with Gasteiger partial charge in [0.05, 0.1) is 23.5 Å². The van der Waals surface area contributed by atoms with Crippen molar-refractivity contribution in [2.24, 2.45) is 0 Å². The maximum Gasteiger partial charge on any atom is 0.293 e. The number of imide groups is 1. The predicted octanol–water partition coefficient (Wildman–Crippen LogP) is 3.55. The summed E-state index contributed by atoms with van der Waals surface area (Å²) < 4.78 is 5.03. The summed E-state index contributed by atoms with van der Waals surface area (Å²) >= 11 is 0.764. The zero-order chi connectivity index (χ0) is 19.6. The van der Waals surface area contributed by atoms with E-state index < -0.39 is 16.1 Å². The van der Waals surface area contributed by atoms with Crippen LogP contribution in [0.5, 0.6) is 11.5 Å². The first kappa shape index (κ1) is 18.5. The molecular formula is C18H14N2O6S. The fraction of sp³-hybridized carbons (Fsp3) is 0.111. The van der Waals surface area contributed by atoms with E-state index in [0.29, 0.717) is 11.1 Å². The van der Waals surface area contributed by atoms with Gasteiger partial charge in [-0.25, -0.2) is 0 Å². The summed E-state index contributed by atoms with van der Waals surface area (Å²) in [7, 11) is 1.41. The SMILES string of the molecule is COc1cccc(/C=C2\SC(=O)N(Cc3ccc([N+](=O)[O-])cc3)C2=O)c1O. The third kappa shape index (κ3) is 3.77. The number of carbonyl (C=O) groups excluding carboxylic acids is 2. The maximum atomic E-state index is 12.6. The number of benzene rings is 2. The molecule has 1 heterocycles. The lowest BCUT2D eigenvalue weighted by atomic mass is 10.1. The van der Waals surface area contributed by atoms with Crippen LogP contribution in [0.4, 0.5) is 10.5 Å². The Morgan fingerprint density at radius 3 is 2.56 bits per heavy atom. The zero-order valence-electron chi connectivity index (χ0n) is 14.1. The molecule has 1 fully saturated rings. The van der Waals surface area contributed by atoms with Crippen LogP contribution in [0.25, 0.3) is 6.08 Å². The van der Waals surface area contributed by atoms with E-state index >= 15 is 0 Å². The van der Waals surface area contributed by atoms with Gasteiger partial charge in [0.15, 0.2) is 11.5 Å². The second kappa shape index (κ2) is 7.50. The number of phenolic OH excluding ortho intramolecular Hbond substituents is 1. The first-order valence-electron chi connectivity index (χ1n) is 7.75. The molecule has 1 aliphatic heterocycles. The number of nitrogens with zero attached hydrogens (tertiary/aromatic N) is 2. The maximum absolute atomic E-state index is 12.6. The number of ether oxygens (including phenoxy) is 1. The van der Waals surface area contributed by atoms with Crippen molar-refractivity contribution in [3.63, 3.8) is 0 Å². The van der Waals surface area contributed by atoms with Crippen LogP contribution in [0.15, 0.2) is 47.4 Å². The van der Waals surface area contributed by atoms with Crippen molar-refractivity contribution in [2.75, 3.05) is 7.11 Å². The lowest BCUT2D eigenvalue weighted by Gasteiger charge is -2.12. The highest BCUT2D eigenvalue weighted by Gasteiger charge is 2.35. The lowest BCUT2D eigenvalue weighted by Crippen LogP contribution is -2.27. The standard InChI is InChI=1S/C18H14N2O6S/c1-26-14-4-2-3-12(16(14)21)9-15-17(22)19(18(23)27-15)10-11-5-7-13(8-6-11)20(24)25/h2-9,21H,10H2,1H3/b15-9-. The lowest BCUT2D eigenvalue weighted by molar-refractivity contribution is -0.384. The number of methoxy groups -OCH3 is 1. The molecular weight excluding hydrogens is 372 g/mol. The molecule has 0 saturated carbocycles. The van der Waals surface area contributed by atoms with Gasteiger partial charge in [0.2, 0.25) is 0 Å². The van der Waals surface area contributed by atoms with E-state index in [2.05, 4.69) is 0 Å². The summed E-state index contributed by atoms with van der Waals surface area (Å²) in [6.07, 6.45) is 1.43. The van der Waals surface area contributed by atoms with Crippen molar-refractivity contribution in [3.05, 3.63) is 68.6 Å². The first-order valence-corrected chi connectivity index (χ1v) is 8.57. The Morgan fingerprint density at radius 2 is 1.93 bits per heavy atom. The quantitative estimate of drug-likeness (QED) is 0.475. The molecule has 0 bridgehead atoms. The van der Waals surface area contributed by atoms with Gasteiger partial charge in [-0.15, -0.1) is 0 Å². The minimum atomic E-state index is -0.521. The first-order chi connectivity index (χ1) is 12.9. The summed E-state index contributed by atoms with van der Waals surface area (Å²) in [6, 6.07) is 10.5. The average molecular weight is 386 g/mol. The number of amides is 2. The highest BCUT2D eigenvalue weighted by Crippen LogP contribution is 2.37. The number of rotatable bonds is 5. The van der Waals surface area contributed by atoms with Crippen LogP contribution in [0, 0.1) is 10.1 Å². The van der Waals surface area contributed by atoms with Crippen LogP contribution in [0.3, 0.4) is 0 Å². The van der Waals surface area contributed by atoms with E-state index in [-0.39, 0.29) is 28.6 Å². The number of hydrogen-bond acceptors (Lipinski definition) is 7. The number of thioether (sulfide) groups is 1. The van der Waals surface area contributed by atoms with Gasteiger partial charge in [0, 0.05) is 17.7 Å². The Kier molecular flexibility index (Phi) is 5.13. The molecule has 8 nitrogen and oxygen atoms in total. The van der Waals surface area contributed by atoms with Crippen LogP contribution in [0.2, 0.25) is 0 Å². The van der Waals surface area contributed by atoms with Crippen molar-refractivity contribution >= 4 is 34.7 Å². The molecule has 0 spiro atoms. The van der Waals surface area contributed by atoms with E-state index in [1.807, 2.05) is 0 Å². The molecule has 0 radical (unpaired) electrons. The number of non-ortho nitro benzene ring substituents is 1. The van der Waals surface area contributed by atoms with Crippen molar-refractivity contribution in [2.45, 2.75) is 6.54 Å². The zero-order valence-corrected chi connectivity index (χ0v) is 14.9. The Hall–Kier alpha value is -3.33. The number of aromatic hydroxyl groups is 1. The van der Waals surface area contributed by atoms with Crippen molar-refractivity contribution in [1.82, 2.24) is 4.90 Å². The molecule has 0 unspecified atom stereocenters. The molecule has 3 rings (SSSR count). The topological polar surface area (TPSA) is 110 Å². The van der Waals surface area contributed by atoms with Gasteiger partial charge in [0.25, 0.3) is 16.8 Å². The Labute approximate surface area is 158 Å². The van der Waals surface area contributed by atoms with Crippen LogP contribution in [-0.2, 0) is 11.3 Å². The molecule has 27 heavy (non-hydrogen) atoms. The van der Waals surface area contributed by atoms with E-state index in [1.165, 1.54) is 37.5 Å². The number of para-hydroxylation sites is 1. The van der Waals surface area contributed by atoms with Gasteiger partial charge in [-0.05, 0) is 29.5 Å². The second-order valence-electron chi connectivity index (χ2n) is 5.59. The Balaban J connectivity index is 1.82. The van der Waals surface area contributed by atoms with Crippen molar-refractivity contribution in [3.8, 4) is 11.5 Å². The number of nitro benzene ring substituents is 1. The largest absolute Gasteiger partial charge is 0.504 e. The van der Waals surface area contributed by atoms with Crippen LogP contribution in [0.1, 0.15) is 11.1 Å². The molecule has 0 aliphatic carbocycles. The molecule has 2 aromatic carbocycles. The molecule has 138 valence electrons. The average Bonchev–Trinajstić information content (AvgIpc) is 2.91. The van der Waals surface area contributed by atoms with E-state index in [1.54, 1.807) is 18.2 Å². The number of hydrogen-bond donors (Lipinski definition) is 1. The molecule has 2 aromatic rings. The van der Waals surface area contributed by atoms with Crippen LogP contribution < -0.4 is 4.74 Å². The Bertz CT molecular complexity index is 955. The smallest absolute Gasteiger partial charge is 0.293 e. The molecule has 1 saturated heterocycles. The van der Waals surface area contributed by atoms with Gasteiger partial charge in [0.1, 0.15) is 0 Å². The molecule has 1 N–H and O–H groups in total. The van der Waals surface area contributed by atoms with Gasteiger partial charge in [-0.1, -0.05) is 24.3 Å². The summed E-state index contributed by atoms with van der Waals surface area (Å²) in [5.41, 5.74) is 0.879. The molecule has 1 aliphatic rings. The fourth-order valence-electron chi connectivity index (χ4n) is 2.50. The van der Waals surface area contributed by atoms with Crippen LogP contribution in [-0.4, -0.2) is 33.2 Å². The van der Waals surface area contributed by atoms with Crippen LogP contribution >= 0.6 is 11.8 Å². The van der Waals surface area contributed by atoms with E-state index in [9.17, 15) is 24.8 Å². The molecule has 0 atom stereocenters. The minimum absolute atomic E-state index is 0.00406. The third-order valence-electron chi connectivity index (χ3n) is 3.90. The monoisotopic (exact) mass is 386 g/mol. The summed E-state index contributed by atoms with van der Waals surface area (Å²) in [6.45, 7) is 0.00406. The van der Waals surface area contributed by atoms with Gasteiger partial charge < -0.3 is 9.84 Å². The summed E-state index contributed by atoms with van der Waals surface area (Å²) in [5.74, 6) is -0.360. The number of phenols is 1.